The number of thiophene rings is 1. The second-order valence-electron chi connectivity index (χ2n) is 4.62. The first-order valence-corrected chi connectivity index (χ1v) is 8.69. The van der Waals surface area contributed by atoms with Crippen molar-refractivity contribution >= 4 is 21.4 Å². The highest BCUT2D eigenvalue weighted by Crippen LogP contribution is 2.25. The van der Waals surface area contributed by atoms with E-state index in [1.54, 1.807) is 10.4 Å². The molecule has 1 aromatic rings. The van der Waals surface area contributed by atoms with Crippen molar-refractivity contribution in [2.45, 2.75) is 36.4 Å². The molecule has 0 spiro atoms. The van der Waals surface area contributed by atoms with Crippen molar-refractivity contribution in [3.05, 3.63) is 17.0 Å². The van der Waals surface area contributed by atoms with Crippen molar-refractivity contribution < 1.29 is 8.42 Å². The molecule has 0 aromatic carbocycles. The van der Waals surface area contributed by atoms with Crippen LogP contribution in [0.2, 0.25) is 0 Å². The van der Waals surface area contributed by atoms with Crippen LogP contribution >= 0.6 is 11.3 Å². The van der Waals surface area contributed by atoms with Gasteiger partial charge >= 0.3 is 0 Å². The minimum Gasteiger partial charge on any atom is -0.316 e. The summed E-state index contributed by atoms with van der Waals surface area (Å²) in [5.41, 5.74) is 1.04. The van der Waals surface area contributed by atoms with Crippen LogP contribution in [0, 0.1) is 0 Å². The average Bonchev–Trinajstić information content (AvgIpc) is 2.65. The zero-order valence-corrected chi connectivity index (χ0v) is 12.3. The van der Waals surface area contributed by atoms with Gasteiger partial charge in [0.1, 0.15) is 4.21 Å². The smallest absolute Gasteiger partial charge is 0.252 e. The minimum atomic E-state index is -3.26. The molecule has 0 amide bonds. The van der Waals surface area contributed by atoms with E-state index in [9.17, 15) is 8.42 Å². The lowest BCUT2D eigenvalue weighted by molar-refractivity contribution is 0.425. The highest BCUT2D eigenvalue weighted by molar-refractivity contribution is 7.91. The molecule has 2 rings (SSSR count). The first-order chi connectivity index (χ1) is 8.64. The summed E-state index contributed by atoms with van der Waals surface area (Å²) < 4.78 is 27.1. The Hall–Kier alpha value is -0.430. The Labute approximate surface area is 113 Å². The summed E-state index contributed by atoms with van der Waals surface area (Å²) in [5.74, 6) is 0. The predicted octanol–water partition coefficient (Wildman–Crippen LogP) is 2.03. The van der Waals surface area contributed by atoms with E-state index in [2.05, 4.69) is 5.32 Å². The van der Waals surface area contributed by atoms with Gasteiger partial charge in [-0.15, -0.1) is 11.3 Å². The molecule has 1 saturated heterocycles. The molecule has 1 aliphatic rings. The van der Waals surface area contributed by atoms with Crippen LogP contribution in [0.1, 0.15) is 31.2 Å². The fraction of sp³-hybridized carbons (Fsp3) is 0.667. The Morgan fingerprint density at radius 1 is 1.28 bits per heavy atom. The molecule has 6 heteroatoms. The summed E-state index contributed by atoms with van der Waals surface area (Å²) in [6.45, 7) is 2.05. The number of nitrogens with one attached hydrogen (secondary N) is 1. The lowest BCUT2D eigenvalue weighted by atomic mass is 10.2. The molecular formula is C12H20N2O2S2. The molecule has 0 bridgehead atoms. The van der Waals surface area contributed by atoms with Crippen molar-refractivity contribution in [1.82, 2.24) is 9.62 Å². The summed E-state index contributed by atoms with van der Waals surface area (Å²) in [6.07, 6.45) is 4.24. The molecule has 102 valence electrons. The molecule has 0 unspecified atom stereocenters. The first-order valence-electron chi connectivity index (χ1n) is 6.37. The van der Waals surface area contributed by atoms with E-state index in [-0.39, 0.29) is 0 Å². The zero-order valence-electron chi connectivity index (χ0n) is 10.7. The fourth-order valence-electron chi connectivity index (χ4n) is 2.19. The number of nitrogens with zero attached hydrogens (tertiary/aromatic N) is 1. The Morgan fingerprint density at radius 3 is 2.56 bits per heavy atom. The molecule has 1 aliphatic heterocycles. The molecule has 0 saturated carbocycles. The lowest BCUT2D eigenvalue weighted by Crippen LogP contribution is -2.31. The van der Waals surface area contributed by atoms with E-state index in [4.69, 9.17) is 0 Å². The van der Waals surface area contributed by atoms with E-state index in [0.717, 1.165) is 31.2 Å². The second-order valence-corrected chi connectivity index (χ2v) is 7.70. The van der Waals surface area contributed by atoms with Gasteiger partial charge in [0.25, 0.3) is 10.0 Å². The summed E-state index contributed by atoms with van der Waals surface area (Å²) in [6, 6.07) is 1.79. The molecule has 1 aromatic heterocycles. The fourth-order valence-corrected chi connectivity index (χ4v) is 5.07. The summed E-state index contributed by atoms with van der Waals surface area (Å²) in [4.78, 5) is 0. The van der Waals surface area contributed by atoms with Gasteiger partial charge < -0.3 is 5.32 Å². The molecule has 1 N–H and O–H groups in total. The Kier molecular flexibility index (Phi) is 4.77. The van der Waals surface area contributed by atoms with Gasteiger partial charge in [-0.05, 0) is 36.9 Å². The number of rotatable bonds is 4. The predicted molar refractivity (Wildman–Crippen MR) is 74.3 cm³/mol. The van der Waals surface area contributed by atoms with Gasteiger partial charge in [0.15, 0.2) is 0 Å². The van der Waals surface area contributed by atoms with E-state index < -0.39 is 10.0 Å². The highest BCUT2D eigenvalue weighted by atomic mass is 32.2. The number of hydrogen-bond acceptors (Lipinski definition) is 4. The van der Waals surface area contributed by atoms with Crippen LogP contribution in [-0.2, 0) is 16.6 Å². The standard InChI is InChI=1S/C12H20N2O2S2/c1-13-9-11-8-12(17-10-11)18(15,16)14-6-4-2-3-5-7-14/h8,10,13H,2-7,9H2,1H3. The van der Waals surface area contributed by atoms with E-state index in [0.29, 0.717) is 23.8 Å². The number of sulfonamides is 1. The SMILES string of the molecule is CNCc1csc(S(=O)(=O)N2CCCCCC2)c1. The van der Waals surface area contributed by atoms with Crippen LogP contribution in [0.3, 0.4) is 0 Å². The van der Waals surface area contributed by atoms with Crippen molar-refractivity contribution in [2.24, 2.45) is 0 Å². The van der Waals surface area contributed by atoms with Crippen molar-refractivity contribution in [1.29, 1.82) is 0 Å². The molecule has 18 heavy (non-hydrogen) atoms. The van der Waals surface area contributed by atoms with Crippen molar-refractivity contribution in [3.8, 4) is 0 Å². The van der Waals surface area contributed by atoms with Crippen LogP contribution in [0.25, 0.3) is 0 Å². The summed E-state index contributed by atoms with van der Waals surface area (Å²) in [7, 11) is -1.40. The van der Waals surface area contributed by atoms with E-state index in [1.807, 2.05) is 12.4 Å². The maximum absolute atomic E-state index is 12.5. The van der Waals surface area contributed by atoms with Crippen LogP contribution in [0.15, 0.2) is 15.7 Å². The van der Waals surface area contributed by atoms with Crippen LogP contribution < -0.4 is 5.32 Å². The van der Waals surface area contributed by atoms with Crippen molar-refractivity contribution in [3.63, 3.8) is 0 Å². The monoisotopic (exact) mass is 288 g/mol. The van der Waals surface area contributed by atoms with E-state index >= 15 is 0 Å². The Morgan fingerprint density at radius 2 is 1.94 bits per heavy atom. The maximum Gasteiger partial charge on any atom is 0.252 e. The third-order valence-corrected chi connectivity index (χ3v) is 6.53. The molecule has 4 nitrogen and oxygen atoms in total. The van der Waals surface area contributed by atoms with Crippen LogP contribution in [0.4, 0.5) is 0 Å². The van der Waals surface area contributed by atoms with Gasteiger partial charge in [-0.25, -0.2) is 8.42 Å². The third-order valence-electron chi connectivity index (χ3n) is 3.17. The zero-order chi connectivity index (χ0) is 13.0. The second kappa shape index (κ2) is 6.14. The minimum absolute atomic E-state index is 0.481. The van der Waals surface area contributed by atoms with Gasteiger partial charge in [-0.3, -0.25) is 0 Å². The largest absolute Gasteiger partial charge is 0.316 e. The van der Waals surface area contributed by atoms with Gasteiger partial charge in [-0.2, -0.15) is 4.31 Å². The Balaban J connectivity index is 2.17. The summed E-state index contributed by atoms with van der Waals surface area (Å²) >= 11 is 1.33. The van der Waals surface area contributed by atoms with Gasteiger partial charge in [-0.1, -0.05) is 12.8 Å². The van der Waals surface area contributed by atoms with Gasteiger partial charge in [0, 0.05) is 19.6 Å². The normalized spacial score (nSPS) is 18.7. The number of hydrogen-bond donors (Lipinski definition) is 1. The van der Waals surface area contributed by atoms with Gasteiger partial charge in [0.2, 0.25) is 0 Å². The molecule has 1 fully saturated rings. The van der Waals surface area contributed by atoms with Crippen LogP contribution in [-0.4, -0.2) is 32.9 Å². The van der Waals surface area contributed by atoms with Gasteiger partial charge in [0.05, 0.1) is 0 Å². The average molecular weight is 288 g/mol. The first kappa shape index (κ1) is 14.0. The summed E-state index contributed by atoms with van der Waals surface area (Å²) in [5, 5.41) is 4.95. The highest BCUT2D eigenvalue weighted by Gasteiger charge is 2.26. The van der Waals surface area contributed by atoms with E-state index in [1.165, 1.54) is 11.3 Å². The van der Waals surface area contributed by atoms with Crippen LogP contribution in [0.5, 0.6) is 0 Å². The molecule has 0 atom stereocenters. The maximum atomic E-state index is 12.5. The Bertz CT molecular complexity index is 474. The molecular weight excluding hydrogens is 268 g/mol. The lowest BCUT2D eigenvalue weighted by Gasteiger charge is -2.18. The third kappa shape index (κ3) is 3.12. The molecule has 0 radical (unpaired) electrons. The molecule has 0 aliphatic carbocycles. The quantitative estimate of drug-likeness (QED) is 0.922. The van der Waals surface area contributed by atoms with Crippen molar-refractivity contribution in [2.75, 3.05) is 20.1 Å². The topological polar surface area (TPSA) is 49.4 Å². The molecule has 2 heterocycles.